The number of nitrogens with one attached hydrogen (secondary N) is 1. The predicted molar refractivity (Wildman–Crippen MR) is 102 cm³/mol. The zero-order valence-corrected chi connectivity index (χ0v) is 15.8. The number of halogens is 3. The summed E-state index contributed by atoms with van der Waals surface area (Å²) >= 11 is 0. The van der Waals surface area contributed by atoms with Crippen molar-refractivity contribution in [3.05, 3.63) is 53.7 Å². The van der Waals surface area contributed by atoms with Crippen LogP contribution >= 0.6 is 0 Å². The summed E-state index contributed by atoms with van der Waals surface area (Å²) in [4.78, 5) is 18.5. The molecule has 8 heteroatoms. The number of ether oxygens (including phenoxy) is 1. The highest BCUT2D eigenvalue weighted by molar-refractivity contribution is 5.80. The molecule has 1 unspecified atom stereocenters. The van der Waals surface area contributed by atoms with Crippen molar-refractivity contribution < 1.29 is 22.7 Å². The lowest BCUT2D eigenvalue weighted by atomic mass is 9.95. The zero-order valence-electron chi connectivity index (χ0n) is 15.8. The van der Waals surface area contributed by atoms with Crippen LogP contribution in [0.25, 0.3) is 0 Å². The number of para-hydroxylation sites is 1. The van der Waals surface area contributed by atoms with E-state index in [4.69, 9.17) is 4.74 Å². The number of carbonyl (C=O) groups is 1. The molecule has 1 atom stereocenters. The minimum Gasteiger partial charge on any atom is -0.492 e. The first kappa shape index (κ1) is 19.5. The van der Waals surface area contributed by atoms with Gasteiger partial charge < -0.3 is 15.0 Å². The fraction of sp³-hybridized carbons (Fsp3) is 0.429. The van der Waals surface area contributed by atoms with Crippen molar-refractivity contribution in [1.29, 1.82) is 0 Å². The first-order valence-electron chi connectivity index (χ1n) is 9.69. The Morgan fingerprint density at radius 2 is 1.90 bits per heavy atom. The van der Waals surface area contributed by atoms with E-state index in [-0.39, 0.29) is 17.9 Å². The monoisotopic (exact) mass is 405 g/mol. The van der Waals surface area contributed by atoms with E-state index in [1.54, 1.807) is 0 Å². The molecule has 1 fully saturated rings. The van der Waals surface area contributed by atoms with Crippen LogP contribution in [-0.4, -0.2) is 36.6 Å². The summed E-state index contributed by atoms with van der Waals surface area (Å²) < 4.78 is 43.7. The minimum absolute atomic E-state index is 0.00870. The van der Waals surface area contributed by atoms with Crippen LogP contribution in [0.15, 0.2) is 42.6 Å². The van der Waals surface area contributed by atoms with Gasteiger partial charge in [0.15, 0.2) is 0 Å². The summed E-state index contributed by atoms with van der Waals surface area (Å²) in [6.45, 7) is 1.64. The molecule has 0 saturated carbocycles. The average molecular weight is 405 g/mol. The van der Waals surface area contributed by atoms with Gasteiger partial charge in [0, 0.05) is 25.3 Å². The van der Waals surface area contributed by atoms with Crippen molar-refractivity contribution in [1.82, 2.24) is 10.3 Å². The number of anilines is 1. The Bertz CT molecular complexity index is 862. The highest BCUT2D eigenvalue weighted by Gasteiger charge is 2.32. The van der Waals surface area contributed by atoms with E-state index in [0.29, 0.717) is 31.9 Å². The molecule has 0 bridgehead atoms. The van der Waals surface area contributed by atoms with Gasteiger partial charge in [-0.2, -0.15) is 13.2 Å². The number of piperidine rings is 1. The molecular formula is C21H22F3N3O2. The second-order valence-corrected chi connectivity index (χ2v) is 7.49. The van der Waals surface area contributed by atoms with Crippen molar-refractivity contribution in [2.75, 3.05) is 24.6 Å². The lowest BCUT2D eigenvalue weighted by Crippen LogP contribution is -2.48. The molecular weight excluding hydrogens is 383 g/mol. The maximum Gasteiger partial charge on any atom is 0.417 e. The van der Waals surface area contributed by atoms with Crippen LogP contribution in [0.4, 0.5) is 19.0 Å². The third-order valence-electron chi connectivity index (χ3n) is 5.49. The molecule has 2 aromatic rings. The maximum absolute atomic E-state index is 12.7. The van der Waals surface area contributed by atoms with Gasteiger partial charge in [-0.1, -0.05) is 18.2 Å². The number of hydrogen-bond acceptors (Lipinski definition) is 4. The van der Waals surface area contributed by atoms with Crippen molar-refractivity contribution in [3.8, 4) is 5.75 Å². The van der Waals surface area contributed by atoms with Gasteiger partial charge in [-0.05, 0) is 43.0 Å². The van der Waals surface area contributed by atoms with E-state index in [1.807, 2.05) is 29.2 Å². The Hall–Kier alpha value is -2.77. The summed E-state index contributed by atoms with van der Waals surface area (Å²) in [6.07, 6.45) is -1.41. The fourth-order valence-electron chi connectivity index (χ4n) is 3.81. The van der Waals surface area contributed by atoms with Gasteiger partial charge >= 0.3 is 6.18 Å². The molecule has 1 saturated heterocycles. The van der Waals surface area contributed by atoms with E-state index < -0.39 is 11.7 Å². The summed E-state index contributed by atoms with van der Waals surface area (Å²) in [5.41, 5.74) is 0.293. The summed E-state index contributed by atoms with van der Waals surface area (Å²) in [5, 5.41) is 3.11. The predicted octanol–water partition coefficient (Wildman–Crippen LogP) is 3.44. The Labute approximate surface area is 166 Å². The third-order valence-corrected chi connectivity index (χ3v) is 5.49. The molecule has 3 heterocycles. The van der Waals surface area contributed by atoms with E-state index in [9.17, 15) is 18.0 Å². The van der Waals surface area contributed by atoms with Gasteiger partial charge in [0.25, 0.3) is 0 Å². The Kier molecular flexibility index (Phi) is 5.34. The molecule has 154 valence electrons. The number of carbonyl (C=O) groups excluding carboxylic acids is 1. The SMILES string of the molecule is O=C(NC1CCN(c2ccc(C(F)(F)F)cn2)CC1)C1COc2ccccc2C1. The molecule has 5 nitrogen and oxygen atoms in total. The van der Waals surface area contributed by atoms with Gasteiger partial charge in [0.2, 0.25) is 5.91 Å². The van der Waals surface area contributed by atoms with Crippen LogP contribution in [0, 0.1) is 5.92 Å². The molecule has 2 aliphatic rings. The number of nitrogens with zero attached hydrogens (tertiary/aromatic N) is 2. The molecule has 1 aromatic heterocycles. The van der Waals surface area contributed by atoms with Crippen molar-refractivity contribution in [3.63, 3.8) is 0 Å². The van der Waals surface area contributed by atoms with E-state index in [2.05, 4.69) is 10.3 Å². The van der Waals surface area contributed by atoms with Crippen molar-refractivity contribution in [2.45, 2.75) is 31.5 Å². The van der Waals surface area contributed by atoms with Gasteiger partial charge in [-0.25, -0.2) is 4.98 Å². The number of hydrogen-bond donors (Lipinski definition) is 1. The number of fused-ring (bicyclic) bond motifs is 1. The quantitative estimate of drug-likeness (QED) is 0.850. The topological polar surface area (TPSA) is 54.5 Å². The average Bonchev–Trinajstić information content (AvgIpc) is 2.73. The first-order valence-corrected chi connectivity index (χ1v) is 9.69. The van der Waals surface area contributed by atoms with E-state index in [0.717, 1.165) is 36.4 Å². The molecule has 0 spiro atoms. The van der Waals surface area contributed by atoms with Gasteiger partial charge in [-0.15, -0.1) is 0 Å². The normalized spacial score (nSPS) is 20.0. The van der Waals surface area contributed by atoms with Crippen LogP contribution in [0.1, 0.15) is 24.0 Å². The molecule has 0 aliphatic carbocycles. The second-order valence-electron chi connectivity index (χ2n) is 7.49. The third kappa shape index (κ3) is 4.46. The minimum atomic E-state index is -4.38. The molecule has 4 rings (SSSR count). The van der Waals surface area contributed by atoms with Gasteiger partial charge in [0.05, 0.1) is 11.5 Å². The van der Waals surface area contributed by atoms with E-state index in [1.165, 1.54) is 6.07 Å². The van der Waals surface area contributed by atoms with Crippen LogP contribution < -0.4 is 15.0 Å². The number of pyridine rings is 1. The number of benzene rings is 1. The maximum atomic E-state index is 12.7. The Morgan fingerprint density at radius 1 is 1.14 bits per heavy atom. The molecule has 0 radical (unpaired) electrons. The first-order chi connectivity index (χ1) is 13.9. The molecule has 29 heavy (non-hydrogen) atoms. The lowest BCUT2D eigenvalue weighted by molar-refractivity contribution is -0.137. The molecule has 1 amide bonds. The molecule has 1 aromatic carbocycles. The van der Waals surface area contributed by atoms with Crippen LogP contribution in [0.3, 0.4) is 0 Å². The van der Waals surface area contributed by atoms with Crippen molar-refractivity contribution in [2.24, 2.45) is 5.92 Å². The van der Waals surface area contributed by atoms with E-state index >= 15 is 0 Å². The number of rotatable bonds is 3. The number of alkyl halides is 3. The highest BCUT2D eigenvalue weighted by atomic mass is 19.4. The second kappa shape index (κ2) is 7.93. The summed E-state index contributed by atoms with van der Waals surface area (Å²) in [6, 6.07) is 10.2. The fourth-order valence-corrected chi connectivity index (χ4v) is 3.81. The van der Waals surface area contributed by atoms with Crippen LogP contribution in [-0.2, 0) is 17.4 Å². The van der Waals surface area contributed by atoms with Crippen LogP contribution in [0.5, 0.6) is 5.75 Å². The van der Waals surface area contributed by atoms with Gasteiger partial charge in [0.1, 0.15) is 18.2 Å². The number of amides is 1. The standard InChI is InChI=1S/C21H22F3N3O2/c22-21(23,24)16-5-6-19(25-12-16)27-9-7-17(8-10-27)26-20(28)15-11-14-3-1-2-4-18(14)29-13-15/h1-6,12,15,17H,7-11,13H2,(H,26,28). The van der Waals surface area contributed by atoms with Crippen molar-refractivity contribution >= 4 is 11.7 Å². The lowest BCUT2D eigenvalue weighted by Gasteiger charge is -2.34. The number of aromatic nitrogens is 1. The van der Waals surface area contributed by atoms with Crippen LogP contribution in [0.2, 0.25) is 0 Å². The molecule has 1 N–H and O–H groups in total. The Morgan fingerprint density at radius 3 is 2.59 bits per heavy atom. The smallest absolute Gasteiger partial charge is 0.417 e. The largest absolute Gasteiger partial charge is 0.492 e. The van der Waals surface area contributed by atoms with Gasteiger partial charge in [-0.3, -0.25) is 4.79 Å². The Balaban J connectivity index is 1.28. The summed E-state index contributed by atoms with van der Waals surface area (Å²) in [7, 11) is 0. The highest BCUT2D eigenvalue weighted by Crippen LogP contribution is 2.30. The summed E-state index contributed by atoms with van der Waals surface area (Å²) in [5.74, 6) is 1.15. The zero-order chi connectivity index (χ0) is 20.4. The molecule has 2 aliphatic heterocycles.